The van der Waals surface area contributed by atoms with E-state index in [1.54, 1.807) is 18.1 Å². The molecule has 0 spiro atoms. The largest absolute Gasteiger partial charge is 0.497 e. The summed E-state index contributed by atoms with van der Waals surface area (Å²) in [5.74, 6) is -0.593. The van der Waals surface area contributed by atoms with Gasteiger partial charge >= 0.3 is 0 Å². The Bertz CT molecular complexity index is 1630. The number of aromatic nitrogens is 1. The Labute approximate surface area is 286 Å². The smallest absolute Gasteiger partial charge is 0.274 e. The molecule has 3 amide bonds. The molecule has 2 saturated heterocycles. The third-order valence-electron chi connectivity index (χ3n) is 10.0. The van der Waals surface area contributed by atoms with Crippen molar-refractivity contribution in [1.29, 1.82) is 0 Å². The van der Waals surface area contributed by atoms with Crippen molar-refractivity contribution in [3.8, 4) is 10.9 Å². The normalized spacial score (nSPS) is 28.4. The van der Waals surface area contributed by atoms with Crippen LogP contribution in [-0.2, 0) is 24.4 Å². The van der Waals surface area contributed by atoms with Crippen molar-refractivity contribution in [3.63, 3.8) is 0 Å². The average molecular weight is 700 g/mol. The van der Waals surface area contributed by atoms with Gasteiger partial charge in [-0.15, -0.1) is 0 Å². The lowest BCUT2D eigenvalue weighted by molar-refractivity contribution is -0.141. The summed E-state index contributed by atoms with van der Waals surface area (Å²) in [4.78, 5) is 48.6. The fourth-order valence-electron chi connectivity index (χ4n) is 7.22. The minimum absolute atomic E-state index is 0.147. The van der Waals surface area contributed by atoms with Crippen molar-refractivity contribution in [2.24, 2.45) is 5.92 Å². The summed E-state index contributed by atoms with van der Waals surface area (Å²) < 4.78 is 39.6. The Morgan fingerprint density at radius 1 is 1.15 bits per heavy atom. The number of anilines is 1. The molecular weight excluding hydrogens is 655 g/mol. The van der Waals surface area contributed by atoms with Crippen LogP contribution < -0.4 is 24.8 Å². The molecule has 1 unspecified atom stereocenters. The fourth-order valence-corrected chi connectivity index (χ4v) is 9.32. The maximum atomic E-state index is 14.5. The minimum atomic E-state index is -3.83. The predicted molar refractivity (Wildman–Crippen MR) is 183 cm³/mol. The zero-order valence-electron chi connectivity index (χ0n) is 27.3. The van der Waals surface area contributed by atoms with Crippen LogP contribution in [0.25, 0.3) is 6.08 Å². The van der Waals surface area contributed by atoms with E-state index in [1.165, 1.54) is 11.3 Å². The van der Waals surface area contributed by atoms with E-state index in [2.05, 4.69) is 26.9 Å². The number of hydrogen-bond acceptors (Lipinski definition) is 10. The lowest BCUT2D eigenvalue weighted by atomic mass is 9.92. The van der Waals surface area contributed by atoms with Crippen LogP contribution in [0, 0.1) is 5.92 Å². The van der Waals surface area contributed by atoms with Crippen molar-refractivity contribution in [3.05, 3.63) is 41.9 Å². The van der Waals surface area contributed by atoms with Gasteiger partial charge in [-0.3, -0.25) is 19.1 Å². The second-order valence-corrected chi connectivity index (χ2v) is 16.3. The second-order valence-electron chi connectivity index (χ2n) is 13.5. The number of fused-ring (bicyclic) bond motifs is 3. The minimum Gasteiger partial charge on any atom is -0.497 e. The fraction of sp³-hybridized carbons (Fsp3) is 0.588. The molecule has 48 heavy (non-hydrogen) atoms. The van der Waals surface area contributed by atoms with Crippen LogP contribution in [-0.4, -0.2) is 78.7 Å². The first kappa shape index (κ1) is 34.2. The van der Waals surface area contributed by atoms with Crippen LogP contribution in [0.15, 0.2) is 36.2 Å². The number of carbonyl (C=O) groups excluding carboxylic acids is 3. The third-order valence-corrected chi connectivity index (χ3v) is 12.6. The summed E-state index contributed by atoms with van der Waals surface area (Å²) >= 11 is 1.31. The van der Waals surface area contributed by atoms with Crippen LogP contribution >= 0.6 is 11.3 Å². The number of nitrogens with one attached hydrogen (secondary N) is 3. The number of carbonyl (C=O) groups is 3. The highest BCUT2D eigenvalue weighted by Gasteiger charge is 2.51. The number of ether oxygens (including phenoxy) is 2. The molecule has 2 aliphatic heterocycles. The highest BCUT2D eigenvalue weighted by atomic mass is 32.2. The number of thiazole rings is 1. The molecule has 2 bridgehead atoms. The Morgan fingerprint density at radius 3 is 2.67 bits per heavy atom. The van der Waals surface area contributed by atoms with Crippen LogP contribution in [0.4, 0.5) is 5.69 Å². The number of hydrogen-bond donors (Lipinski definition) is 3. The summed E-state index contributed by atoms with van der Waals surface area (Å²) in [5, 5.41) is 8.07. The summed E-state index contributed by atoms with van der Waals surface area (Å²) in [5.41, 5.74) is 0.0107. The predicted octanol–water partition coefficient (Wildman–Crippen LogP) is 4.24. The van der Waals surface area contributed by atoms with Crippen LogP contribution in [0.1, 0.15) is 82.7 Å². The van der Waals surface area contributed by atoms with E-state index in [-0.39, 0.29) is 24.8 Å². The maximum Gasteiger partial charge on any atom is 0.274 e. The van der Waals surface area contributed by atoms with Gasteiger partial charge in [-0.05, 0) is 62.7 Å². The number of benzene rings is 1. The van der Waals surface area contributed by atoms with Gasteiger partial charge in [0.15, 0.2) is 0 Å². The van der Waals surface area contributed by atoms with Gasteiger partial charge in [0, 0.05) is 23.6 Å². The molecule has 3 heterocycles. The molecular formula is C34H45N5O7S2. The first-order chi connectivity index (χ1) is 23.1. The summed E-state index contributed by atoms with van der Waals surface area (Å²) in [6.45, 7) is 3.90. The zero-order chi connectivity index (χ0) is 33.9. The number of amides is 3. The molecule has 2 saturated carbocycles. The highest BCUT2D eigenvalue weighted by molar-refractivity contribution is 7.91. The Kier molecular flexibility index (Phi) is 10.3. The molecule has 1 aromatic carbocycles. The molecule has 3 N–H and O–H groups in total. The number of methoxy groups -OCH3 is 1. The van der Waals surface area contributed by atoms with Crippen molar-refractivity contribution in [2.75, 3.05) is 19.0 Å². The molecule has 4 aliphatic rings. The number of nitrogens with zero attached hydrogens (tertiary/aromatic N) is 2. The SMILES string of the molecule is C=Cc1csc(O[C@@H]2C[C@H]3C(=O)N[C@]4(C(=O)NS(=O)(=O)C5CC5)CCC(CCCCCC[C@H](Nc5cccc(OC)c5)C(=O)N3C2)C4)n1. The first-order valence-electron chi connectivity index (χ1n) is 16.9. The van der Waals surface area contributed by atoms with Gasteiger partial charge in [0.2, 0.25) is 21.8 Å². The van der Waals surface area contributed by atoms with Gasteiger partial charge in [-0.1, -0.05) is 56.1 Å². The van der Waals surface area contributed by atoms with Crippen molar-refractivity contribution < 1.29 is 32.3 Å². The van der Waals surface area contributed by atoms with Gasteiger partial charge in [0.25, 0.3) is 11.1 Å². The maximum absolute atomic E-state index is 14.5. The van der Waals surface area contributed by atoms with E-state index in [0.717, 1.165) is 37.8 Å². The van der Waals surface area contributed by atoms with Gasteiger partial charge in [-0.25, -0.2) is 13.4 Å². The summed E-state index contributed by atoms with van der Waals surface area (Å²) in [6.07, 6.45) is 8.84. The Hall–Kier alpha value is -3.65. The standard InChI is InChI=1S/C34H45N5O7S2/c1-3-23-21-47-33(36-23)46-26-18-29-30(40)37-34(32(42)38-48(43,44)27-13-14-27)16-15-22(19-34)9-6-4-5-7-12-28(31(41)39(29)20-26)35-24-10-8-11-25(17-24)45-2/h3,8,10-11,17,21-22,26-29,35H,1,4-7,9,12-16,18-20H2,2H3,(H,37,40)(H,38,42)/t22?,26-,28+,29+,34-/m1/s1. The number of rotatable bonds is 9. The van der Waals surface area contributed by atoms with E-state index >= 15 is 0 Å². The topological polar surface area (TPSA) is 156 Å². The van der Waals surface area contributed by atoms with Gasteiger partial charge < -0.3 is 25.0 Å². The Balaban J connectivity index is 1.30. The third kappa shape index (κ3) is 7.80. The Morgan fingerprint density at radius 2 is 1.94 bits per heavy atom. The molecule has 12 nitrogen and oxygen atoms in total. The lowest BCUT2D eigenvalue weighted by Crippen LogP contribution is -2.62. The monoisotopic (exact) mass is 699 g/mol. The molecule has 2 aromatic rings. The summed E-state index contributed by atoms with van der Waals surface area (Å²) in [6, 6.07) is 5.82. The molecule has 6 rings (SSSR count). The molecule has 4 fully saturated rings. The van der Waals surface area contributed by atoms with Crippen molar-refractivity contribution in [1.82, 2.24) is 19.9 Å². The summed E-state index contributed by atoms with van der Waals surface area (Å²) in [7, 11) is -2.24. The van der Waals surface area contributed by atoms with E-state index in [4.69, 9.17) is 9.47 Å². The zero-order valence-corrected chi connectivity index (χ0v) is 29.0. The molecule has 5 atom stereocenters. The van der Waals surface area contributed by atoms with Crippen molar-refractivity contribution in [2.45, 2.75) is 106 Å². The van der Waals surface area contributed by atoms with Crippen molar-refractivity contribution >= 4 is 50.8 Å². The second kappa shape index (κ2) is 14.5. The molecule has 0 radical (unpaired) electrons. The van der Waals surface area contributed by atoms with Gasteiger partial charge in [-0.2, -0.15) is 0 Å². The average Bonchev–Trinajstić information content (AvgIpc) is 3.51. The van der Waals surface area contributed by atoms with Gasteiger partial charge in [0.05, 0.1) is 24.6 Å². The number of sulfonamides is 1. The van der Waals surface area contributed by atoms with Crippen LogP contribution in [0.5, 0.6) is 10.9 Å². The van der Waals surface area contributed by atoms with Crippen LogP contribution in [0.2, 0.25) is 0 Å². The lowest BCUT2D eigenvalue weighted by Gasteiger charge is -2.33. The first-order valence-corrected chi connectivity index (χ1v) is 19.4. The van der Waals surface area contributed by atoms with E-state index < -0.39 is 50.8 Å². The highest BCUT2D eigenvalue weighted by Crippen LogP contribution is 2.40. The molecule has 14 heteroatoms. The van der Waals surface area contributed by atoms with E-state index in [1.807, 2.05) is 29.6 Å². The van der Waals surface area contributed by atoms with E-state index in [9.17, 15) is 22.8 Å². The quantitative estimate of drug-likeness (QED) is 0.349. The van der Waals surface area contributed by atoms with Gasteiger partial charge in [0.1, 0.15) is 29.5 Å². The molecule has 2 aliphatic carbocycles. The molecule has 260 valence electrons. The van der Waals surface area contributed by atoms with Crippen LogP contribution in [0.3, 0.4) is 0 Å². The molecule has 1 aromatic heterocycles. The van der Waals surface area contributed by atoms with E-state index in [0.29, 0.717) is 55.2 Å².